The molecule has 0 atom stereocenters. The van der Waals surface area contributed by atoms with Gasteiger partial charge < -0.3 is 10.6 Å². The quantitative estimate of drug-likeness (QED) is 0.860. The standard InChI is InChI=1S/C17H35N3/c1-4-10-19-12-8-17(15-18,9-13-19)20-11-5-6-16(2,3)7-14-20/h4-15,18H2,1-3H3. The molecular formula is C17H35N3. The third-order valence-corrected chi connectivity index (χ3v) is 5.72. The van der Waals surface area contributed by atoms with Crippen LogP contribution in [0, 0.1) is 5.41 Å². The van der Waals surface area contributed by atoms with Gasteiger partial charge in [0.05, 0.1) is 0 Å². The highest BCUT2D eigenvalue weighted by atomic mass is 15.2. The lowest BCUT2D eigenvalue weighted by atomic mass is 9.84. The molecule has 20 heavy (non-hydrogen) atoms. The predicted octanol–water partition coefficient (Wildman–Crippen LogP) is 2.70. The largest absolute Gasteiger partial charge is 0.329 e. The summed E-state index contributed by atoms with van der Waals surface area (Å²) in [5, 5.41) is 0. The van der Waals surface area contributed by atoms with Crippen LogP contribution in [0.1, 0.15) is 59.3 Å². The minimum atomic E-state index is 0.296. The summed E-state index contributed by atoms with van der Waals surface area (Å²) in [4.78, 5) is 5.38. The lowest BCUT2D eigenvalue weighted by Crippen LogP contribution is -2.59. The minimum Gasteiger partial charge on any atom is -0.329 e. The highest BCUT2D eigenvalue weighted by Gasteiger charge is 2.39. The Morgan fingerprint density at radius 3 is 2.25 bits per heavy atom. The molecule has 0 radical (unpaired) electrons. The second kappa shape index (κ2) is 6.76. The van der Waals surface area contributed by atoms with Gasteiger partial charge in [0.15, 0.2) is 0 Å². The first-order valence-corrected chi connectivity index (χ1v) is 8.69. The van der Waals surface area contributed by atoms with Crippen molar-refractivity contribution in [1.82, 2.24) is 9.80 Å². The molecule has 2 N–H and O–H groups in total. The molecule has 3 heteroatoms. The highest BCUT2D eigenvalue weighted by molar-refractivity contribution is 4.97. The van der Waals surface area contributed by atoms with Crippen LogP contribution in [0.25, 0.3) is 0 Å². The molecule has 0 spiro atoms. The summed E-state index contributed by atoms with van der Waals surface area (Å²) in [5.74, 6) is 0. The summed E-state index contributed by atoms with van der Waals surface area (Å²) in [7, 11) is 0. The average molecular weight is 281 g/mol. The van der Waals surface area contributed by atoms with Gasteiger partial charge in [-0.3, -0.25) is 4.90 Å². The van der Waals surface area contributed by atoms with Gasteiger partial charge in [-0.1, -0.05) is 20.8 Å². The van der Waals surface area contributed by atoms with E-state index < -0.39 is 0 Å². The van der Waals surface area contributed by atoms with Crippen LogP contribution in [0.3, 0.4) is 0 Å². The van der Waals surface area contributed by atoms with Gasteiger partial charge in [0.25, 0.3) is 0 Å². The van der Waals surface area contributed by atoms with E-state index in [9.17, 15) is 0 Å². The molecule has 0 aromatic rings. The van der Waals surface area contributed by atoms with Gasteiger partial charge in [-0.05, 0) is 76.7 Å². The Balaban J connectivity index is 1.97. The first-order valence-electron chi connectivity index (χ1n) is 8.69. The van der Waals surface area contributed by atoms with Gasteiger partial charge in [0, 0.05) is 12.1 Å². The fourth-order valence-electron chi connectivity index (χ4n) is 4.06. The molecule has 2 fully saturated rings. The normalized spacial score (nSPS) is 28.2. The van der Waals surface area contributed by atoms with Crippen LogP contribution >= 0.6 is 0 Å². The monoisotopic (exact) mass is 281 g/mol. The maximum Gasteiger partial charge on any atom is 0.0356 e. The van der Waals surface area contributed by atoms with Crippen LogP contribution in [0.4, 0.5) is 0 Å². The van der Waals surface area contributed by atoms with Crippen LogP contribution in [0.2, 0.25) is 0 Å². The van der Waals surface area contributed by atoms with Gasteiger partial charge in [-0.2, -0.15) is 0 Å². The van der Waals surface area contributed by atoms with E-state index in [2.05, 4.69) is 30.6 Å². The second-order valence-electron chi connectivity index (χ2n) is 7.77. The average Bonchev–Trinajstić information content (AvgIpc) is 2.62. The topological polar surface area (TPSA) is 32.5 Å². The smallest absolute Gasteiger partial charge is 0.0356 e. The van der Waals surface area contributed by atoms with E-state index in [1.165, 1.54) is 71.2 Å². The number of nitrogens with zero attached hydrogens (tertiary/aromatic N) is 2. The van der Waals surface area contributed by atoms with E-state index in [0.29, 0.717) is 11.0 Å². The molecule has 0 bridgehead atoms. The molecular weight excluding hydrogens is 246 g/mol. The molecule has 0 unspecified atom stereocenters. The third-order valence-electron chi connectivity index (χ3n) is 5.72. The summed E-state index contributed by atoms with van der Waals surface area (Å²) >= 11 is 0. The van der Waals surface area contributed by atoms with Gasteiger partial charge in [0.2, 0.25) is 0 Å². The summed E-state index contributed by atoms with van der Waals surface area (Å²) in [5.41, 5.74) is 7.06. The van der Waals surface area contributed by atoms with Crippen molar-refractivity contribution in [2.45, 2.75) is 64.8 Å². The number of hydrogen-bond acceptors (Lipinski definition) is 3. The van der Waals surface area contributed by atoms with Crippen molar-refractivity contribution >= 4 is 0 Å². The van der Waals surface area contributed by atoms with Gasteiger partial charge in [-0.25, -0.2) is 0 Å². The first-order chi connectivity index (χ1) is 9.51. The van der Waals surface area contributed by atoms with Crippen molar-refractivity contribution in [1.29, 1.82) is 0 Å². The minimum absolute atomic E-state index is 0.296. The molecule has 0 amide bonds. The van der Waals surface area contributed by atoms with Gasteiger partial charge in [-0.15, -0.1) is 0 Å². The van der Waals surface area contributed by atoms with Crippen LogP contribution in [0.15, 0.2) is 0 Å². The summed E-state index contributed by atoms with van der Waals surface area (Å²) < 4.78 is 0. The number of likely N-dealkylation sites (tertiary alicyclic amines) is 2. The van der Waals surface area contributed by atoms with Crippen molar-refractivity contribution in [3.05, 3.63) is 0 Å². The van der Waals surface area contributed by atoms with Crippen molar-refractivity contribution in [3.8, 4) is 0 Å². The molecule has 3 nitrogen and oxygen atoms in total. The van der Waals surface area contributed by atoms with Crippen molar-refractivity contribution in [3.63, 3.8) is 0 Å². The molecule has 2 saturated heterocycles. The second-order valence-corrected chi connectivity index (χ2v) is 7.77. The van der Waals surface area contributed by atoms with Crippen LogP contribution < -0.4 is 5.73 Å². The molecule has 2 rings (SSSR count). The molecule has 2 heterocycles. The van der Waals surface area contributed by atoms with E-state index in [4.69, 9.17) is 5.73 Å². The number of nitrogens with two attached hydrogens (primary N) is 1. The Kier molecular flexibility index (Phi) is 5.49. The van der Waals surface area contributed by atoms with Gasteiger partial charge >= 0.3 is 0 Å². The van der Waals surface area contributed by atoms with Gasteiger partial charge in [0.1, 0.15) is 0 Å². The highest BCUT2D eigenvalue weighted by Crippen LogP contribution is 2.35. The van der Waals surface area contributed by atoms with Crippen molar-refractivity contribution in [2.75, 3.05) is 39.3 Å². The lowest BCUT2D eigenvalue weighted by molar-refractivity contribution is 0.0272. The van der Waals surface area contributed by atoms with Crippen molar-refractivity contribution in [2.24, 2.45) is 11.1 Å². The zero-order valence-electron chi connectivity index (χ0n) is 14.0. The Morgan fingerprint density at radius 1 is 0.950 bits per heavy atom. The van der Waals surface area contributed by atoms with E-state index >= 15 is 0 Å². The number of piperidine rings is 1. The SMILES string of the molecule is CCCN1CCC(CN)(N2CCCC(C)(C)CC2)CC1. The third kappa shape index (κ3) is 3.75. The maximum absolute atomic E-state index is 6.25. The molecule has 2 aliphatic rings. The van der Waals surface area contributed by atoms with Crippen LogP contribution in [-0.4, -0.2) is 54.6 Å². The molecule has 0 aromatic heterocycles. The van der Waals surface area contributed by atoms with E-state index in [1.807, 2.05) is 0 Å². The first kappa shape index (κ1) is 16.3. The molecule has 0 aliphatic carbocycles. The molecule has 0 aromatic carbocycles. The molecule has 2 aliphatic heterocycles. The van der Waals surface area contributed by atoms with Crippen LogP contribution in [-0.2, 0) is 0 Å². The Labute approximate surface area is 125 Å². The molecule has 118 valence electrons. The molecule has 0 saturated carbocycles. The van der Waals surface area contributed by atoms with Crippen LogP contribution in [0.5, 0.6) is 0 Å². The zero-order valence-corrected chi connectivity index (χ0v) is 14.0. The lowest BCUT2D eigenvalue weighted by Gasteiger charge is -2.48. The summed E-state index contributed by atoms with van der Waals surface area (Å²) in [6, 6.07) is 0. The number of hydrogen-bond donors (Lipinski definition) is 1. The van der Waals surface area contributed by atoms with E-state index in [1.54, 1.807) is 0 Å². The zero-order chi connectivity index (χ0) is 14.6. The van der Waals surface area contributed by atoms with Crippen molar-refractivity contribution < 1.29 is 0 Å². The summed E-state index contributed by atoms with van der Waals surface area (Å²) in [6.45, 7) is 14.2. The predicted molar refractivity (Wildman–Crippen MR) is 87.0 cm³/mol. The fourth-order valence-corrected chi connectivity index (χ4v) is 4.06. The maximum atomic E-state index is 6.25. The Bertz CT molecular complexity index is 293. The Morgan fingerprint density at radius 2 is 1.65 bits per heavy atom. The summed E-state index contributed by atoms with van der Waals surface area (Å²) in [6.07, 6.45) is 7.84. The number of rotatable bonds is 4. The van der Waals surface area contributed by atoms with E-state index in [0.717, 1.165) is 6.54 Å². The van der Waals surface area contributed by atoms with E-state index in [-0.39, 0.29) is 0 Å². The fraction of sp³-hybridized carbons (Fsp3) is 1.00. The Hall–Kier alpha value is -0.120.